The lowest BCUT2D eigenvalue weighted by Crippen LogP contribution is -2.34. The van der Waals surface area contributed by atoms with Gasteiger partial charge in [0.05, 0.1) is 6.67 Å². The summed E-state index contributed by atoms with van der Waals surface area (Å²) in [5.74, 6) is 0.208. The van der Waals surface area contributed by atoms with Crippen LogP contribution in [0.15, 0.2) is 5.16 Å². The van der Waals surface area contributed by atoms with E-state index in [4.69, 9.17) is 10.9 Å². The van der Waals surface area contributed by atoms with Crippen LogP contribution in [0.3, 0.4) is 0 Å². The van der Waals surface area contributed by atoms with Crippen molar-refractivity contribution in [1.29, 1.82) is 0 Å². The maximum atomic E-state index is 11.8. The maximum absolute atomic E-state index is 11.8. The molecule has 0 aromatic heterocycles. The Morgan fingerprint density at radius 1 is 1.69 bits per heavy atom. The number of oxime groups is 1. The Morgan fingerprint density at radius 3 is 2.77 bits per heavy atom. The summed E-state index contributed by atoms with van der Waals surface area (Å²) in [6.07, 6.45) is 1.02. The predicted molar refractivity (Wildman–Crippen MR) is 50.7 cm³/mol. The van der Waals surface area contributed by atoms with Gasteiger partial charge in [-0.2, -0.15) is 0 Å². The molecule has 3 N–H and O–H groups in total. The van der Waals surface area contributed by atoms with E-state index >= 15 is 0 Å². The van der Waals surface area contributed by atoms with Crippen molar-refractivity contribution >= 4 is 5.84 Å². The van der Waals surface area contributed by atoms with Gasteiger partial charge >= 0.3 is 0 Å². The van der Waals surface area contributed by atoms with Crippen molar-refractivity contribution in [2.24, 2.45) is 10.9 Å². The van der Waals surface area contributed by atoms with Gasteiger partial charge in [-0.05, 0) is 20.4 Å². The third-order valence-electron chi connectivity index (χ3n) is 2.03. The van der Waals surface area contributed by atoms with Crippen LogP contribution in [-0.2, 0) is 0 Å². The summed E-state index contributed by atoms with van der Waals surface area (Å²) in [5.41, 5.74) is 5.34. The molecule has 78 valence electrons. The van der Waals surface area contributed by atoms with Crippen molar-refractivity contribution in [3.8, 4) is 0 Å². The molecule has 0 aromatic carbocycles. The molecule has 0 radical (unpaired) electrons. The lowest BCUT2D eigenvalue weighted by Gasteiger charge is -2.23. The van der Waals surface area contributed by atoms with Gasteiger partial charge in [-0.15, -0.1) is 0 Å². The Labute approximate surface area is 78.2 Å². The molecule has 0 spiro atoms. The van der Waals surface area contributed by atoms with Crippen LogP contribution in [0.1, 0.15) is 19.8 Å². The minimum Gasteiger partial charge on any atom is -0.409 e. The first-order chi connectivity index (χ1) is 6.11. The number of rotatable bonds is 6. The van der Waals surface area contributed by atoms with Gasteiger partial charge in [-0.3, -0.25) is 4.39 Å². The maximum Gasteiger partial charge on any atom is 0.140 e. The Bertz CT molecular complexity index is 163. The third-order valence-corrected chi connectivity index (χ3v) is 2.03. The molecule has 0 saturated carbocycles. The molecule has 1 atom stereocenters. The molecule has 0 aliphatic rings. The Kier molecular flexibility index (Phi) is 6.22. The van der Waals surface area contributed by atoms with Crippen molar-refractivity contribution in [2.45, 2.75) is 25.8 Å². The standard InChI is InChI=1S/C8H18FN3O/c1-7(6-8(10)11-13)12(2)5-3-4-9/h7,13H,3-6H2,1-2H3,(H2,10,11). The van der Waals surface area contributed by atoms with Crippen LogP contribution >= 0.6 is 0 Å². The fourth-order valence-electron chi connectivity index (χ4n) is 1.03. The number of alkyl halides is 1. The molecule has 5 heteroatoms. The summed E-state index contributed by atoms with van der Waals surface area (Å²) in [6.45, 7) is 2.34. The molecule has 0 heterocycles. The first kappa shape index (κ1) is 12.2. The summed E-state index contributed by atoms with van der Waals surface area (Å²) in [6, 6.07) is 0.169. The van der Waals surface area contributed by atoms with Gasteiger partial charge in [-0.1, -0.05) is 5.16 Å². The van der Waals surface area contributed by atoms with Gasteiger partial charge < -0.3 is 15.8 Å². The predicted octanol–water partition coefficient (Wildman–Crippen LogP) is 0.803. The molecule has 0 fully saturated rings. The second-order valence-corrected chi connectivity index (χ2v) is 3.17. The first-order valence-corrected chi connectivity index (χ1v) is 4.34. The van der Waals surface area contributed by atoms with Gasteiger partial charge in [0.25, 0.3) is 0 Å². The van der Waals surface area contributed by atoms with Gasteiger partial charge in [0.1, 0.15) is 5.84 Å². The topological polar surface area (TPSA) is 61.9 Å². The van der Waals surface area contributed by atoms with E-state index in [1.54, 1.807) is 0 Å². The fraction of sp³-hybridized carbons (Fsp3) is 0.875. The molecule has 4 nitrogen and oxygen atoms in total. The van der Waals surface area contributed by atoms with Crippen molar-refractivity contribution in [2.75, 3.05) is 20.3 Å². The van der Waals surface area contributed by atoms with Crippen LogP contribution in [0.25, 0.3) is 0 Å². The minimum absolute atomic E-state index is 0.169. The van der Waals surface area contributed by atoms with E-state index in [1.807, 2.05) is 18.9 Å². The SMILES string of the molecule is CC(CC(N)=NO)N(C)CCCF. The number of nitrogens with zero attached hydrogens (tertiary/aromatic N) is 2. The zero-order valence-electron chi connectivity index (χ0n) is 8.20. The van der Waals surface area contributed by atoms with Gasteiger partial charge in [0.2, 0.25) is 0 Å². The van der Waals surface area contributed by atoms with Gasteiger partial charge in [-0.25, -0.2) is 0 Å². The molecule has 0 aliphatic carbocycles. The molecule has 0 rings (SSSR count). The molecular formula is C8H18FN3O. The molecule has 13 heavy (non-hydrogen) atoms. The van der Waals surface area contributed by atoms with Crippen LogP contribution in [-0.4, -0.2) is 42.3 Å². The molecule has 0 bridgehead atoms. The van der Waals surface area contributed by atoms with E-state index < -0.39 is 0 Å². The Morgan fingerprint density at radius 2 is 2.31 bits per heavy atom. The average Bonchev–Trinajstić information content (AvgIpc) is 2.13. The minimum atomic E-state index is -0.305. The highest BCUT2D eigenvalue weighted by molar-refractivity contribution is 5.80. The summed E-state index contributed by atoms with van der Waals surface area (Å²) in [7, 11) is 1.89. The van der Waals surface area contributed by atoms with Crippen molar-refractivity contribution in [3.05, 3.63) is 0 Å². The van der Waals surface area contributed by atoms with Crippen molar-refractivity contribution < 1.29 is 9.60 Å². The zero-order valence-corrected chi connectivity index (χ0v) is 8.20. The first-order valence-electron chi connectivity index (χ1n) is 4.34. The van der Waals surface area contributed by atoms with Crippen molar-refractivity contribution in [3.63, 3.8) is 0 Å². The summed E-state index contributed by atoms with van der Waals surface area (Å²) >= 11 is 0. The molecule has 0 aromatic rings. The summed E-state index contributed by atoms with van der Waals surface area (Å²) < 4.78 is 11.8. The number of hydrogen-bond acceptors (Lipinski definition) is 3. The van der Waals surface area contributed by atoms with Crippen LogP contribution in [0, 0.1) is 0 Å². The van der Waals surface area contributed by atoms with E-state index in [0.29, 0.717) is 19.4 Å². The lowest BCUT2D eigenvalue weighted by molar-refractivity contribution is 0.246. The van der Waals surface area contributed by atoms with Crippen LogP contribution < -0.4 is 5.73 Å². The number of amidine groups is 1. The van der Waals surface area contributed by atoms with Crippen LogP contribution in [0.2, 0.25) is 0 Å². The third kappa shape index (κ3) is 5.41. The summed E-state index contributed by atoms with van der Waals surface area (Å²) in [5, 5.41) is 11.2. The lowest BCUT2D eigenvalue weighted by atomic mass is 10.2. The van der Waals surface area contributed by atoms with Crippen LogP contribution in [0.5, 0.6) is 0 Å². The largest absolute Gasteiger partial charge is 0.409 e. The van der Waals surface area contributed by atoms with Gasteiger partial charge in [0, 0.05) is 19.0 Å². The van der Waals surface area contributed by atoms with Crippen molar-refractivity contribution in [1.82, 2.24) is 4.90 Å². The number of nitrogens with two attached hydrogens (primary N) is 1. The quantitative estimate of drug-likeness (QED) is 0.282. The Balaban J connectivity index is 3.74. The second-order valence-electron chi connectivity index (χ2n) is 3.17. The van der Waals surface area contributed by atoms with E-state index in [9.17, 15) is 4.39 Å². The highest BCUT2D eigenvalue weighted by atomic mass is 19.1. The monoisotopic (exact) mass is 191 g/mol. The fourth-order valence-corrected chi connectivity index (χ4v) is 1.03. The van der Waals surface area contributed by atoms with E-state index in [-0.39, 0.29) is 18.6 Å². The summed E-state index contributed by atoms with van der Waals surface area (Å²) in [4.78, 5) is 1.98. The number of halogens is 1. The smallest absolute Gasteiger partial charge is 0.140 e. The molecular weight excluding hydrogens is 173 g/mol. The van der Waals surface area contributed by atoms with E-state index in [0.717, 1.165) is 0 Å². The van der Waals surface area contributed by atoms with Crippen LogP contribution in [0.4, 0.5) is 4.39 Å². The molecule has 0 aliphatic heterocycles. The highest BCUT2D eigenvalue weighted by Crippen LogP contribution is 2.01. The van der Waals surface area contributed by atoms with Gasteiger partial charge in [0.15, 0.2) is 0 Å². The molecule has 1 unspecified atom stereocenters. The highest BCUT2D eigenvalue weighted by Gasteiger charge is 2.10. The second kappa shape index (κ2) is 6.65. The molecule has 0 saturated heterocycles. The molecule has 0 amide bonds. The number of hydrogen-bond donors (Lipinski definition) is 2. The zero-order chi connectivity index (χ0) is 10.3. The van der Waals surface area contributed by atoms with E-state index in [1.165, 1.54) is 0 Å². The Hall–Kier alpha value is -0.840. The van der Waals surface area contributed by atoms with E-state index in [2.05, 4.69) is 5.16 Å². The average molecular weight is 191 g/mol. The normalized spacial score (nSPS) is 14.9.